The highest BCUT2D eigenvalue weighted by Gasteiger charge is 2.32. The first-order chi connectivity index (χ1) is 5.11. The van der Waals surface area contributed by atoms with Crippen LogP contribution in [-0.2, 0) is 9.53 Å². The highest BCUT2D eigenvalue weighted by molar-refractivity contribution is 5.79. The molecule has 1 heterocycles. The van der Waals surface area contributed by atoms with E-state index in [9.17, 15) is 4.79 Å². The van der Waals surface area contributed by atoms with Gasteiger partial charge in [-0.05, 0) is 6.42 Å². The number of hydrogen-bond acceptors (Lipinski definition) is 4. The van der Waals surface area contributed by atoms with Crippen molar-refractivity contribution < 1.29 is 19.7 Å². The molecule has 2 atom stereocenters. The Kier molecular flexibility index (Phi) is 2.43. The molecule has 0 aromatic rings. The third kappa shape index (κ3) is 1.89. The zero-order valence-corrected chi connectivity index (χ0v) is 5.93. The van der Waals surface area contributed by atoms with Crippen molar-refractivity contribution in [1.82, 2.24) is 0 Å². The Bertz CT molecular complexity index is 159. The largest absolute Gasteiger partial charge is 0.368 e. The van der Waals surface area contributed by atoms with Gasteiger partial charge >= 0.3 is 0 Å². The molecule has 1 saturated heterocycles. The minimum absolute atomic E-state index is 0.186. The highest BCUT2D eigenvalue weighted by atomic mass is 16.5. The molecule has 64 valence electrons. The summed E-state index contributed by atoms with van der Waals surface area (Å²) in [4.78, 5) is 10.5. The summed E-state index contributed by atoms with van der Waals surface area (Å²) in [5.74, 6) is -0.930. The van der Waals surface area contributed by atoms with Crippen LogP contribution in [0.3, 0.4) is 0 Å². The van der Waals surface area contributed by atoms with Crippen molar-refractivity contribution in [2.75, 3.05) is 6.61 Å². The van der Waals surface area contributed by atoms with Crippen LogP contribution in [0.5, 0.6) is 0 Å². The van der Waals surface area contributed by atoms with Crippen LogP contribution in [0.1, 0.15) is 6.42 Å². The number of aliphatic hydroxyl groups is 2. The number of carbonyl (C=O) groups excluding carboxylic acids is 1. The van der Waals surface area contributed by atoms with Crippen molar-refractivity contribution in [3.8, 4) is 0 Å². The second-order valence-electron chi connectivity index (χ2n) is 2.63. The van der Waals surface area contributed by atoms with E-state index >= 15 is 0 Å². The molecule has 0 aromatic carbocycles. The molecular weight excluding hydrogens is 150 g/mol. The molecule has 5 heteroatoms. The van der Waals surface area contributed by atoms with E-state index in [0.717, 1.165) is 0 Å². The molecule has 11 heavy (non-hydrogen) atoms. The van der Waals surface area contributed by atoms with Crippen LogP contribution in [0, 0.1) is 5.92 Å². The summed E-state index contributed by atoms with van der Waals surface area (Å²) in [6.45, 7) is 0.186. The zero-order chi connectivity index (χ0) is 8.43. The topological polar surface area (TPSA) is 92.8 Å². The predicted octanol–water partition coefficient (Wildman–Crippen LogP) is -1.81. The Morgan fingerprint density at radius 3 is 2.55 bits per heavy atom. The molecular formula is C6H11NO4. The van der Waals surface area contributed by atoms with E-state index in [1.165, 1.54) is 0 Å². The number of hydrogen-bond donors (Lipinski definition) is 3. The van der Waals surface area contributed by atoms with Crippen molar-refractivity contribution in [2.45, 2.75) is 18.8 Å². The van der Waals surface area contributed by atoms with Crippen LogP contribution in [-0.4, -0.2) is 35.1 Å². The van der Waals surface area contributed by atoms with Crippen LogP contribution >= 0.6 is 0 Å². The number of rotatable bonds is 2. The van der Waals surface area contributed by atoms with Gasteiger partial charge in [-0.2, -0.15) is 0 Å². The summed E-state index contributed by atoms with van der Waals surface area (Å²) in [6.07, 6.45) is -1.77. The van der Waals surface area contributed by atoms with Gasteiger partial charge in [-0.15, -0.1) is 0 Å². The number of primary amides is 1. The number of amides is 1. The van der Waals surface area contributed by atoms with Crippen LogP contribution in [0.2, 0.25) is 0 Å². The summed E-state index contributed by atoms with van der Waals surface area (Å²) in [5.41, 5.74) is 4.93. The van der Waals surface area contributed by atoms with E-state index < -0.39 is 18.3 Å². The third-order valence-corrected chi connectivity index (χ3v) is 1.77. The van der Waals surface area contributed by atoms with Gasteiger partial charge in [0.15, 0.2) is 6.29 Å². The van der Waals surface area contributed by atoms with E-state index in [4.69, 9.17) is 20.7 Å². The van der Waals surface area contributed by atoms with Gasteiger partial charge < -0.3 is 20.7 Å². The smallest absolute Gasteiger partial charge is 0.246 e. The SMILES string of the molecule is NC(=O)C1CC(C(O)O)CO1. The van der Waals surface area contributed by atoms with Crippen LogP contribution in [0.25, 0.3) is 0 Å². The number of carbonyl (C=O) groups is 1. The Balaban J connectivity index is 2.41. The molecule has 0 aliphatic carbocycles. The maximum Gasteiger partial charge on any atom is 0.246 e. The van der Waals surface area contributed by atoms with E-state index in [1.54, 1.807) is 0 Å². The molecule has 1 amide bonds. The molecule has 4 N–H and O–H groups in total. The van der Waals surface area contributed by atoms with Crippen molar-refractivity contribution >= 4 is 5.91 Å². The summed E-state index contributed by atoms with van der Waals surface area (Å²) in [6, 6.07) is 0. The first kappa shape index (κ1) is 8.45. The monoisotopic (exact) mass is 161 g/mol. The summed E-state index contributed by atoms with van der Waals surface area (Å²) in [5, 5.41) is 17.4. The normalized spacial score (nSPS) is 31.2. The van der Waals surface area contributed by atoms with Crippen molar-refractivity contribution in [3.63, 3.8) is 0 Å². The lowest BCUT2D eigenvalue weighted by molar-refractivity contribution is -0.126. The molecule has 5 nitrogen and oxygen atoms in total. The molecule has 2 unspecified atom stereocenters. The van der Waals surface area contributed by atoms with Gasteiger partial charge in [-0.3, -0.25) is 4.79 Å². The lowest BCUT2D eigenvalue weighted by atomic mass is 10.1. The van der Waals surface area contributed by atoms with E-state index in [-0.39, 0.29) is 12.5 Å². The van der Waals surface area contributed by atoms with Crippen LogP contribution in [0.15, 0.2) is 0 Å². The summed E-state index contributed by atoms with van der Waals surface area (Å²) < 4.78 is 4.89. The minimum atomic E-state index is -1.42. The van der Waals surface area contributed by atoms with E-state index in [0.29, 0.717) is 6.42 Å². The lowest BCUT2D eigenvalue weighted by Gasteiger charge is -2.08. The summed E-state index contributed by atoms with van der Waals surface area (Å²) >= 11 is 0. The fraction of sp³-hybridized carbons (Fsp3) is 0.833. The second kappa shape index (κ2) is 3.17. The predicted molar refractivity (Wildman–Crippen MR) is 35.3 cm³/mol. The van der Waals surface area contributed by atoms with Gasteiger partial charge in [-0.25, -0.2) is 0 Å². The Labute approximate surface area is 63.8 Å². The molecule has 1 aliphatic heterocycles. The number of aliphatic hydroxyl groups excluding tert-OH is 1. The molecule has 0 spiro atoms. The molecule has 1 fully saturated rings. The molecule has 0 bridgehead atoms. The van der Waals surface area contributed by atoms with Crippen molar-refractivity contribution in [3.05, 3.63) is 0 Å². The molecule has 1 aliphatic rings. The first-order valence-corrected chi connectivity index (χ1v) is 3.38. The maximum atomic E-state index is 10.5. The van der Waals surface area contributed by atoms with Crippen molar-refractivity contribution in [2.24, 2.45) is 11.7 Å². The lowest BCUT2D eigenvalue weighted by Crippen LogP contribution is -2.28. The van der Waals surface area contributed by atoms with Gasteiger partial charge in [0.05, 0.1) is 6.61 Å². The van der Waals surface area contributed by atoms with Gasteiger partial charge in [0, 0.05) is 5.92 Å². The van der Waals surface area contributed by atoms with Gasteiger partial charge in [-0.1, -0.05) is 0 Å². The molecule has 0 radical (unpaired) electrons. The van der Waals surface area contributed by atoms with E-state index in [1.807, 2.05) is 0 Å². The van der Waals surface area contributed by atoms with Gasteiger partial charge in [0.2, 0.25) is 5.91 Å². The zero-order valence-electron chi connectivity index (χ0n) is 5.93. The second-order valence-corrected chi connectivity index (χ2v) is 2.63. The molecule has 1 rings (SSSR count). The number of nitrogens with two attached hydrogens (primary N) is 1. The fourth-order valence-electron chi connectivity index (χ4n) is 1.06. The quantitative estimate of drug-likeness (QED) is 0.416. The van der Waals surface area contributed by atoms with Crippen LogP contribution in [0.4, 0.5) is 0 Å². The molecule has 0 saturated carbocycles. The standard InChI is InChI=1S/C6H11NO4/c7-5(8)4-1-3(2-11-4)6(9)10/h3-4,6,9-10H,1-2H2,(H2,7,8). The Hall–Kier alpha value is -0.650. The third-order valence-electron chi connectivity index (χ3n) is 1.77. The number of ether oxygens (including phenoxy) is 1. The fourth-order valence-corrected chi connectivity index (χ4v) is 1.06. The Morgan fingerprint density at radius 1 is 1.64 bits per heavy atom. The average Bonchev–Trinajstić information content (AvgIpc) is 2.33. The van der Waals surface area contributed by atoms with Crippen molar-refractivity contribution in [1.29, 1.82) is 0 Å². The first-order valence-electron chi connectivity index (χ1n) is 3.38. The maximum absolute atomic E-state index is 10.5. The van der Waals surface area contributed by atoms with E-state index in [2.05, 4.69) is 0 Å². The minimum Gasteiger partial charge on any atom is -0.368 e. The van der Waals surface area contributed by atoms with Gasteiger partial charge in [0.1, 0.15) is 6.10 Å². The average molecular weight is 161 g/mol. The van der Waals surface area contributed by atoms with Crippen LogP contribution < -0.4 is 5.73 Å². The Morgan fingerprint density at radius 2 is 2.27 bits per heavy atom. The van der Waals surface area contributed by atoms with Gasteiger partial charge in [0.25, 0.3) is 0 Å². The summed E-state index contributed by atoms with van der Waals surface area (Å²) in [7, 11) is 0. The highest BCUT2D eigenvalue weighted by Crippen LogP contribution is 2.21. The molecule has 0 aromatic heterocycles.